The number of halogens is 1. The maximum Gasteiger partial charge on any atom is 0.332 e. The summed E-state index contributed by atoms with van der Waals surface area (Å²) in [6, 6.07) is 5.68. The second kappa shape index (κ2) is 6.65. The van der Waals surface area contributed by atoms with Gasteiger partial charge in [-0.25, -0.2) is 4.98 Å². The molecule has 4 saturated carbocycles. The lowest BCUT2D eigenvalue weighted by Crippen LogP contribution is -2.55. The van der Waals surface area contributed by atoms with Gasteiger partial charge in [0.15, 0.2) is 0 Å². The SMILES string of the molecule is Cc1cnc(NC23CC4CC(CC(C4)C2)C3)nc1Nc1cccc(S(=O)(=O)F)c1. The topological polar surface area (TPSA) is 84.0 Å². The Hall–Kier alpha value is -2.22. The van der Waals surface area contributed by atoms with E-state index in [-0.39, 0.29) is 10.4 Å². The van der Waals surface area contributed by atoms with Crippen molar-refractivity contribution in [3.63, 3.8) is 0 Å². The number of aryl methyl sites for hydroxylation is 1. The highest BCUT2D eigenvalue weighted by Crippen LogP contribution is 2.56. The molecule has 4 bridgehead atoms. The van der Waals surface area contributed by atoms with Crippen LogP contribution in [0.5, 0.6) is 0 Å². The fourth-order valence-electron chi connectivity index (χ4n) is 5.99. The van der Waals surface area contributed by atoms with Crippen molar-refractivity contribution >= 4 is 27.7 Å². The van der Waals surface area contributed by atoms with Crippen molar-refractivity contribution in [2.45, 2.75) is 55.9 Å². The van der Waals surface area contributed by atoms with Crippen LogP contribution in [0.15, 0.2) is 35.4 Å². The number of hydrogen-bond donors (Lipinski definition) is 2. The number of nitrogens with zero attached hydrogens (tertiary/aromatic N) is 2. The van der Waals surface area contributed by atoms with E-state index in [1.54, 1.807) is 12.3 Å². The third-order valence-electron chi connectivity index (χ3n) is 6.77. The van der Waals surface area contributed by atoms with Crippen LogP contribution in [0.3, 0.4) is 0 Å². The number of aromatic nitrogens is 2. The van der Waals surface area contributed by atoms with Crippen molar-refractivity contribution in [1.82, 2.24) is 9.97 Å². The fourth-order valence-corrected chi connectivity index (χ4v) is 6.50. The summed E-state index contributed by atoms with van der Waals surface area (Å²) < 4.78 is 35.7. The molecule has 0 atom stereocenters. The molecule has 0 aliphatic heterocycles. The zero-order valence-corrected chi connectivity index (χ0v) is 17.2. The summed E-state index contributed by atoms with van der Waals surface area (Å²) in [4.78, 5) is 8.78. The molecule has 2 aromatic rings. The van der Waals surface area contributed by atoms with E-state index >= 15 is 0 Å². The summed E-state index contributed by atoms with van der Waals surface area (Å²) in [6.07, 6.45) is 9.44. The maximum atomic E-state index is 13.3. The molecule has 6 nitrogen and oxygen atoms in total. The summed E-state index contributed by atoms with van der Waals surface area (Å²) in [7, 11) is -4.75. The number of rotatable bonds is 5. The Morgan fingerprint density at radius 1 is 1.10 bits per heavy atom. The Balaban J connectivity index is 1.39. The maximum absolute atomic E-state index is 13.3. The first-order chi connectivity index (χ1) is 13.8. The smallest absolute Gasteiger partial charge is 0.332 e. The van der Waals surface area contributed by atoms with Gasteiger partial charge in [-0.15, -0.1) is 3.89 Å². The molecule has 4 aliphatic rings. The van der Waals surface area contributed by atoms with Crippen LogP contribution in [0.1, 0.15) is 44.1 Å². The van der Waals surface area contributed by atoms with Crippen LogP contribution in [0.4, 0.5) is 21.3 Å². The number of anilines is 3. The summed E-state index contributed by atoms with van der Waals surface area (Å²) in [5.74, 6) is 3.64. The van der Waals surface area contributed by atoms with E-state index < -0.39 is 10.2 Å². The van der Waals surface area contributed by atoms with Gasteiger partial charge in [0.05, 0.1) is 0 Å². The standard InChI is InChI=1S/C21H25FN4O2S/c1-13-12-23-20(26-21-9-14-5-15(10-21)7-16(6-14)11-21)25-19(13)24-17-3-2-4-18(8-17)29(22,27)28/h2-4,8,12,14-16H,5-7,9-11H2,1H3,(H2,23,24,25,26). The fraction of sp³-hybridized carbons (Fsp3) is 0.524. The van der Waals surface area contributed by atoms with Crippen molar-refractivity contribution in [1.29, 1.82) is 0 Å². The van der Waals surface area contributed by atoms with Gasteiger partial charge in [-0.3, -0.25) is 0 Å². The highest BCUT2D eigenvalue weighted by atomic mass is 32.3. The lowest BCUT2D eigenvalue weighted by Gasteiger charge is -2.56. The normalized spacial score (nSPS) is 30.3. The van der Waals surface area contributed by atoms with Gasteiger partial charge in [-0.2, -0.15) is 13.4 Å². The molecule has 29 heavy (non-hydrogen) atoms. The molecule has 1 aromatic heterocycles. The largest absolute Gasteiger partial charge is 0.349 e. The van der Waals surface area contributed by atoms with Gasteiger partial charge >= 0.3 is 10.2 Å². The van der Waals surface area contributed by atoms with Crippen LogP contribution < -0.4 is 10.6 Å². The Morgan fingerprint density at radius 2 is 1.76 bits per heavy atom. The van der Waals surface area contributed by atoms with Crippen molar-refractivity contribution in [3.8, 4) is 0 Å². The van der Waals surface area contributed by atoms with Crippen LogP contribution in [0.2, 0.25) is 0 Å². The first-order valence-corrected chi connectivity index (χ1v) is 11.6. The first kappa shape index (κ1) is 18.8. The highest BCUT2D eigenvalue weighted by Gasteiger charge is 2.51. The van der Waals surface area contributed by atoms with Crippen LogP contribution in [-0.2, 0) is 10.2 Å². The predicted octanol–water partition coefficient (Wildman–Crippen LogP) is 4.57. The Kier molecular flexibility index (Phi) is 4.31. The summed E-state index contributed by atoms with van der Waals surface area (Å²) in [6.45, 7) is 1.88. The molecule has 0 amide bonds. The molecular weight excluding hydrogens is 391 g/mol. The van der Waals surface area contributed by atoms with Gasteiger partial charge in [-0.05, 0) is 81.4 Å². The van der Waals surface area contributed by atoms with E-state index in [1.807, 2.05) is 6.92 Å². The molecule has 2 N–H and O–H groups in total. The van der Waals surface area contributed by atoms with Crippen molar-refractivity contribution in [2.75, 3.05) is 10.6 Å². The molecule has 8 heteroatoms. The summed E-state index contributed by atoms with van der Waals surface area (Å²) in [5, 5.41) is 6.77. The minimum atomic E-state index is -4.75. The first-order valence-electron chi connectivity index (χ1n) is 10.2. The Bertz CT molecular complexity index is 1020. The highest BCUT2D eigenvalue weighted by molar-refractivity contribution is 7.86. The quantitative estimate of drug-likeness (QED) is 0.695. The van der Waals surface area contributed by atoms with Crippen LogP contribution in [0, 0.1) is 24.7 Å². The van der Waals surface area contributed by atoms with E-state index in [0.29, 0.717) is 17.5 Å². The van der Waals surface area contributed by atoms with E-state index in [0.717, 1.165) is 23.3 Å². The minimum Gasteiger partial charge on any atom is -0.349 e. The molecule has 4 fully saturated rings. The van der Waals surface area contributed by atoms with Crippen LogP contribution in [-0.4, -0.2) is 23.9 Å². The number of benzene rings is 1. The van der Waals surface area contributed by atoms with Gasteiger partial charge in [-0.1, -0.05) is 6.07 Å². The van der Waals surface area contributed by atoms with Gasteiger partial charge < -0.3 is 10.6 Å². The third-order valence-corrected chi connectivity index (χ3v) is 7.58. The van der Waals surface area contributed by atoms with Crippen LogP contribution >= 0.6 is 0 Å². The van der Waals surface area contributed by atoms with E-state index in [2.05, 4.69) is 20.6 Å². The molecular formula is C21H25FN4O2S. The average molecular weight is 417 g/mol. The summed E-state index contributed by atoms with van der Waals surface area (Å²) >= 11 is 0. The molecule has 4 aliphatic carbocycles. The lowest BCUT2D eigenvalue weighted by molar-refractivity contribution is 0.0103. The second-order valence-electron chi connectivity index (χ2n) is 9.14. The molecule has 1 heterocycles. The van der Waals surface area contributed by atoms with E-state index in [1.165, 1.54) is 56.7 Å². The molecule has 6 rings (SSSR count). The Labute approximate surface area is 170 Å². The zero-order valence-electron chi connectivity index (χ0n) is 16.4. The number of nitrogens with one attached hydrogen (secondary N) is 2. The molecule has 154 valence electrons. The van der Waals surface area contributed by atoms with Gasteiger partial charge in [0, 0.05) is 23.0 Å². The molecule has 0 saturated heterocycles. The lowest BCUT2D eigenvalue weighted by atomic mass is 9.53. The van der Waals surface area contributed by atoms with Gasteiger partial charge in [0.1, 0.15) is 10.7 Å². The molecule has 0 spiro atoms. The molecule has 0 radical (unpaired) electrons. The Morgan fingerprint density at radius 3 is 2.38 bits per heavy atom. The predicted molar refractivity (Wildman–Crippen MR) is 109 cm³/mol. The number of hydrogen-bond acceptors (Lipinski definition) is 6. The van der Waals surface area contributed by atoms with E-state index in [9.17, 15) is 12.3 Å². The van der Waals surface area contributed by atoms with Crippen molar-refractivity contribution < 1.29 is 12.3 Å². The minimum absolute atomic E-state index is 0.101. The van der Waals surface area contributed by atoms with Crippen molar-refractivity contribution in [3.05, 3.63) is 36.0 Å². The molecule has 1 aromatic carbocycles. The monoisotopic (exact) mass is 416 g/mol. The third kappa shape index (κ3) is 3.70. The average Bonchev–Trinajstić information content (AvgIpc) is 2.63. The molecule has 0 unspecified atom stereocenters. The van der Waals surface area contributed by atoms with E-state index in [4.69, 9.17) is 0 Å². The van der Waals surface area contributed by atoms with Crippen molar-refractivity contribution in [2.24, 2.45) is 17.8 Å². The second-order valence-corrected chi connectivity index (χ2v) is 10.5. The van der Waals surface area contributed by atoms with Crippen LogP contribution in [0.25, 0.3) is 0 Å². The van der Waals surface area contributed by atoms with Gasteiger partial charge in [0.25, 0.3) is 0 Å². The van der Waals surface area contributed by atoms with Gasteiger partial charge in [0.2, 0.25) is 5.95 Å². The zero-order chi connectivity index (χ0) is 20.2. The summed E-state index contributed by atoms with van der Waals surface area (Å²) in [5.41, 5.74) is 1.39.